The highest BCUT2D eigenvalue weighted by molar-refractivity contribution is 5.92. The number of aryl methyl sites for hydroxylation is 1. The zero-order chi connectivity index (χ0) is 14.7. The fourth-order valence-electron chi connectivity index (χ4n) is 2.29. The molecule has 1 aromatic carbocycles. The molecule has 3 aromatic rings. The largest absolute Gasteiger partial charge is 0.350 e. The molecule has 1 N–H and O–H groups in total. The Kier molecular flexibility index (Phi) is 3.64. The number of fused-ring (bicyclic) bond motifs is 1. The Morgan fingerprint density at radius 3 is 2.76 bits per heavy atom. The van der Waals surface area contributed by atoms with Gasteiger partial charge in [0.1, 0.15) is 11.5 Å². The van der Waals surface area contributed by atoms with Gasteiger partial charge in [0, 0.05) is 26.2 Å². The molecule has 0 spiro atoms. The van der Waals surface area contributed by atoms with E-state index >= 15 is 0 Å². The lowest BCUT2D eigenvalue weighted by Gasteiger charge is -2.05. The first-order valence-corrected chi connectivity index (χ1v) is 6.85. The number of hydrogen-bond donors (Lipinski definition) is 1. The Labute approximate surface area is 122 Å². The summed E-state index contributed by atoms with van der Waals surface area (Å²) < 4.78 is 2.06. The number of amides is 1. The van der Waals surface area contributed by atoms with Crippen LogP contribution in [0.3, 0.4) is 0 Å². The Morgan fingerprint density at radius 2 is 2.00 bits per heavy atom. The molecule has 21 heavy (non-hydrogen) atoms. The third-order valence-electron chi connectivity index (χ3n) is 3.41. The number of rotatable bonds is 4. The van der Waals surface area contributed by atoms with Gasteiger partial charge >= 0.3 is 0 Å². The van der Waals surface area contributed by atoms with Gasteiger partial charge in [0.2, 0.25) is 0 Å². The summed E-state index contributed by atoms with van der Waals surface area (Å²) in [6.07, 6.45) is 2.30. The molecule has 2 heterocycles. The minimum Gasteiger partial charge on any atom is -0.350 e. The lowest BCUT2D eigenvalue weighted by molar-refractivity contribution is 0.0949. The standard InChI is InChI=1S/C16H16N4O/c1-20-14-8-3-2-6-12(14)19-15(20)9-11-18-16(21)13-7-4-5-10-17-13/h2-8,10H,9,11H2,1H3,(H,18,21). The van der Waals surface area contributed by atoms with Gasteiger partial charge in [-0.3, -0.25) is 9.78 Å². The van der Waals surface area contributed by atoms with Gasteiger partial charge in [0.25, 0.3) is 5.91 Å². The topological polar surface area (TPSA) is 59.8 Å². The molecule has 5 heteroatoms. The van der Waals surface area contributed by atoms with E-state index < -0.39 is 0 Å². The average molecular weight is 280 g/mol. The van der Waals surface area contributed by atoms with Crippen LogP contribution in [0.4, 0.5) is 0 Å². The van der Waals surface area contributed by atoms with E-state index in [9.17, 15) is 4.79 Å². The summed E-state index contributed by atoms with van der Waals surface area (Å²) in [4.78, 5) is 20.5. The lowest BCUT2D eigenvalue weighted by Crippen LogP contribution is -2.27. The van der Waals surface area contributed by atoms with Gasteiger partial charge in [-0.05, 0) is 24.3 Å². The minimum absolute atomic E-state index is 0.158. The van der Waals surface area contributed by atoms with E-state index in [1.165, 1.54) is 0 Å². The van der Waals surface area contributed by atoms with Gasteiger partial charge < -0.3 is 9.88 Å². The van der Waals surface area contributed by atoms with E-state index in [4.69, 9.17) is 0 Å². The van der Waals surface area contributed by atoms with Crippen molar-refractivity contribution in [3.05, 3.63) is 60.2 Å². The molecule has 0 bridgehead atoms. The number of benzene rings is 1. The van der Waals surface area contributed by atoms with E-state index in [-0.39, 0.29) is 5.91 Å². The molecule has 0 atom stereocenters. The highest BCUT2D eigenvalue weighted by Gasteiger charge is 2.09. The second-order valence-electron chi connectivity index (χ2n) is 4.80. The summed E-state index contributed by atoms with van der Waals surface area (Å²) >= 11 is 0. The molecule has 0 unspecified atom stereocenters. The molecule has 3 rings (SSSR count). The van der Waals surface area contributed by atoms with Crippen molar-refractivity contribution >= 4 is 16.9 Å². The van der Waals surface area contributed by atoms with Crippen LogP contribution in [-0.2, 0) is 13.5 Å². The van der Waals surface area contributed by atoms with Crippen molar-refractivity contribution in [2.45, 2.75) is 6.42 Å². The van der Waals surface area contributed by atoms with Crippen LogP contribution in [0.1, 0.15) is 16.3 Å². The van der Waals surface area contributed by atoms with E-state index in [2.05, 4.69) is 19.9 Å². The van der Waals surface area contributed by atoms with Gasteiger partial charge in [-0.15, -0.1) is 0 Å². The molecule has 106 valence electrons. The molecular formula is C16H16N4O. The number of hydrogen-bond acceptors (Lipinski definition) is 3. The zero-order valence-electron chi connectivity index (χ0n) is 11.8. The van der Waals surface area contributed by atoms with E-state index in [1.807, 2.05) is 31.3 Å². The minimum atomic E-state index is -0.158. The van der Waals surface area contributed by atoms with Gasteiger partial charge in [-0.25, -0.2) is 4.98 Å². The molecule has 0 aliphatic heterocycles. The molecule has 0 aliphatic rings. The summed E-state index contributed by atoms with van der Waals surface area (Å²) in [5.41, 5.74) is 2.51. The van der Waals surface area contributed by atoms with Crippen molar-refractivity contribution in [3.8, 4) is 0 Å². The molecular weight excluding hydrogens is 264 g/mol. The van der Waals surface area contributed by atoms with Crippen LogP contribution < -0.4 is 5.32 Å². The molecule has 0 aliphatic carbocycles. The van der Waals surface area contributed by atoms with Crippen molar-refractivity contribution in [1.82, 2.24) is 19.9 Å². The lowest BCUT2D eigenvalue weighted by atomic mass is 10.3. The first-order chi connectivity index (χ1) is 10.3. The van der Waals surface area contributed by atoms with Crippen molar-refractivity contribution in [1.29, 1.82) is 0 Å². The number of carbonyl (C=O) groups is 1. The van der Waals surface area contributed by atoms with Gasteiger partial charge in [0.15, 0.2) is 0 Å². The zero-order valence-corrected chi connectivity index (χ0v) is 11.8. The Bertz CT molecular complexity index is 764. The fraction of sp³-hybridized carbons (Fsp3) is 0.188. The van der Waals surface area contributed by atoms with E-state index in [1.54, 1.807) is 24.4 Å². The maximum Gasteiger partial charge on any atom is 0.269 e. The molecule has 0 radical (unpaired) electrons. The van der Waals surface area contributed by atoms with Crippen LogP contribution >= 0.6 is 0 Å². The predicted octanol–water partition coefficient (Wildman–Crippen LogP) is 1.94. The monoisotopic (exact) mass is 280 g/mol. The van der Waals surface area contributed by atoms with E-state index in [0.717, 1.165) is 16.9 Å². The Hall–Kier alpha value is -2.69. The Morgan fingerprint density at radius 1 is 1.19 bits per heavy atom. The summed E-state index contributed by atoms with van der Waals surface area (Å²) in [5, 5.41) is 2.86. The summed E-state index contributed by atoms with van der Waals surface area (Å²) in [6.45, 7) is 0.534. The molecule has 0 fully saturated rings. The van der Waals surface area contributed by atoms with Crippen molar-refractivity contribution in [3.63, 3.8) is 0 Å². The smallest absolute Gasteiger partial charge is 0.269 e. The van der Waals surface area contributed by atoms with Crippen LogP contribution in [0.5, 0.6) is 0 Å². The fourth-order valence-corrected chi connectivity index (χ4v) is 2.29. The van der Waals surface area contributed by atoms with Crippen molar-refractivity contribution in [2.24, 2.45) is 7.05 Å². The van der Waals surface area contributed by atoms with Gasteiger partial charge in [-0.2, -0.15) is 0 Å². The van der Waals surface area contributed by atoms with Crippen LogP contribution in [0, 0.1) is 0 Å². The second-order valence-corrected chi connectivity index (χ2v) is 4.80. The summed E-state index contributed by atoms with van der Waals surface area (Å²) in [7, 11) is 1.99. The summed E-state index contributed by atoms with van der Waals surface area (Å²) in [6, 6.07) is 13.3. The number of nitrogens with zero attached hydrogens (tertiary/aromatic N) is 3. The third-order valence-corrected chi connectivity index (χ3v) is 3.41. The van der Waals surface area contributed by atoms with E-state index in [0.29, 0.717) is 18.7 Å². The van der Waals surface area contributed by atoms with Crippen LogP contribution in [0.25, 0.3) is 11.0 Å². The van der Waals surface area contributed by atoms with Crippen molar-refractivity contribution < 1.29 is 4.79 Å². The molecule has 5 nitrogen and oxygen atoms in total. The number of carbonyl (C=O) groups excluding carboxylic acids is 1. The average Bonchev–Trinajstić information content (AvgIpc) is 2.85. The number of pyridine rings is 1. The van der Waals surface area contributed by atoms with Gasteiger partial charge in [-0.1, -0.05) is 18.2 Å². The van der Waals surface area contributed by atoms with Crippen LogP contribution in [-0.4, -0.2) is 27.0 Å². The SMILES string of the molecule is Cn1c(CCNC(=O)c2ccccn2)nc2ccccc21. The van der Waals surface area contributed by atoms with Crippen molar-refractivity contribution in [2.75, 3.05) is 6.54 Å². The molecule has 0 saturated heterocycles. The quantitative estimate of drug-likeness (QED) is 0.794. The highest BCUT2D eigenvalue weighted by atomic mass is 16.1. The molecule has 2 aromatic heterocycles. The normalized spacial score (nSPS) is 10.7. The Balaban J connectivity index is 1.65. The number of nitrogens with one attached hydrogen (secondary N) is 1. The second kappa shape index (κ2) is 5.75. The first kappa shape index (κ1) is 13.3. The summed E-state index contributed by atoms with van der Waals surface area (Å²) in [5.74, 6) is 0.798. The third kappa shape index (κ3) is 2.76. The van der Waals surface area contributed by atoms with Crippen LogP contribution in [0.2, 0.25) is 0 Å². The maximum absolute atomic E-state index is 11.9. The maximum atomic E-state index is 11.9. The molecule has 1 amide bonds. The molecule has 0 saturated carbocycles. The number of aromatic nitrogens is 3. The van der Waals surface area contributed by atoms with Crippen LogP contribution in [0.15, 0.2) is 48.7 Å². The highest BCUT2D eigenvalue weighted by Crippen LogP contribution is 2.14. The predicted molar refractivity (Wildman–Crippen MR) is 81.0 cm³/mol. The van der Waals surface area contributed by atoms with Gasteiger partial charge in [0.05, 0.1) is 11.0 Å². The number of para-hydroxylation sites is 2. The first-order valence-electron chi connectivity index (χ1n) is 6.85. The number of imidazole rings is 1.